The zero-order valence-electron chi connectivity index (χ0n) is 19.0. The smallest absolute Gasteiger partial charge is 0.746 e. The molecule has 0 aliphatic carbocycles. The molecular weight excluding hydrogens is 399 g/mol. The fraction of sp³-hybridized carbons (Fsp3) is 1.00. The van der Waals surface area contributed by atoms with E-state index >= 15 is 0 Å². The Kier molecular flexibility index (Phi) is 23.1. The molecule has 4 nitrogen and oxygen atoms in total. The minimum Gasteiger partial charge on any atom is -0.746 e. The van der Waals surface area contributed by atoms with Gasteiger partial charge < -0.3 is 9.66 Å². The van der Waals surface area contributed by atoms with Gasteiger partial charge in [0.05, 0.1) is 0 Å². The van der Waals surface area contributed by atoms with Crippen LogP contribution in [0.4, 0.5) is 0 Å². The van der Waals surface area contributed by atoms with Crippen molar-refractivity contribution in [2.24, 2.45) is 0 Å². The van der Waals surface area contributed by atoms with Gasteiger partial charge in [0.25, 0.3) is 0 Å². The van der Waals surface area contributed by atoms with Crippen molar-refractivity contribution in [2.45, 2.75) is 141 Å². The molecular formula is C22H45KO4S. The number of aliphatic hydroxyl groups is 1. The molecule has 28 heavy (non-hydrogen) atoms. The van der Waals surface area contributed by atoms with Crippen LogP contribution in [0.1, 0.15) is 136 Å². The van der Waals surface area contributed by atoms with Crippen molar-refractivity contribution in [2.75, 3.05) is 0 Å². The van der Waals surface area contributed by atoms with Gasteiger partial charge in [0, 0.05) is 0 Å². The molecule has 0 bridgehead atoms. The quantitative estimate of drug-likeness (QED) is 0.176. The first-order valence-corrected chi connectivity index (χ1v) is 13.0. The van der Waals surface area contributed by atoms with E-state index in [1.54, 1.807) is 0 Å². The fourth-order valence-electron chi connectivity index (χ4n) is 3.60. The average molecular weight is 445 g/mol. The molecule has 0 saturated heterocycles. The van der Waals surface area contributed by atoms with E-state index in [1.165, 1.54) is 70.6 Å². The van der Waals surface area contributed by atoms with E-state index in [4.69, 9.17) is 0 Å². The molecule has 0 aliphatic heterocycles. The Balaban J connectivity index is 0. The summed E-state index contributed by atoms with van der Waals surface area (Å²) in [5.41, 5.74) is 0. The van der Waals surface area contributed by atoms with Crippen LogP contribution >= 0.6 is 0 Å². The van der Waals surface area contributed by atoms with Crippen LogP contribution in [0, 0.1) is 0 Å². The van der Waals surface area contributed by atoms with Crippen LogP contribution in [0.15, 0.2) is 0 Å². The van der Waals surface area contributed by atoms with E-state index in [-0.39, 0.29) is 64.2 Å². The maximum absolute atomic E-state index is 11.3. The molecule has 0 spiro atoms. The molecule has 0 radical (unpaired) electrons. The summed E-state index contributed by atoms with van der Waals surface area (Å²) in [7, 11) is -4.65. The molecule has 6 heteroatoms. The van der Waals surface area contributed by atoms with E-state index in [1.807, 2.05) is 6.92 Å². The Labute approximate surface area is 218 Å². The Morgan fingerprint density at radius 1 is 0.607 bits per heavy atom. The Bertz CT molecular complexity index is 428. The molecule has 0 aromatic heterocycles. The molecule has 0 aromatic rings. The Morgan fingerprint density at radius 3 is 1.21 bits per heavy atom. The number of unbranched alkanes of at least 4 members (excludes halogenated alkanes) is 15. The van der Waals surface area contributed by atoms with Crippen molar-refractivity contribution in [1.82, 2.24) is 0 Å². The van der Waals surface area contributed by atoms with Crippen LogP contribution in [0.3, 0.4) is 0 Å². The van der Waals surface area contributed by atoms with Crippen LogP contribution in [-0.2, 0) is 10.1 Å². The van der Waals surface area contributed by atoms with E-state index in [0.29, 0.717) is 12.8 Å². The minimum absolute atomic E-state index is 0. The largest absolute Gasteiger partial charge is 1.00 e. The third kappa shape index (κ3) is 17.2. The van der Waals surface area contributed by atoms with Crippen LogP contribution in [0.2, 0.25) is 0 Å². The molecule has 0 aromatic carbocycles. The van der Waals surface area contributed by atoms with Gasteiger partial charge in [-0.25, -0.2) is 8.42 Å². The normalized spacial score (nSPS) is 13.9. The van der Waals surface area contributed by atoms with Crippen LogP contribution in [0.5, 0.6) is 0 Å². The third-order valence-corrected chi connectivity index (χ3v) is 6.90. The molecule has 1 N–H and O–H groups in total. The molecule has 1 unspecified atom stereocenters. The Morgan fingerprint density at radius 2 is 0.893 bits per heavy atom. The maximum atomic E-state index is 11.3. The topological polar surface area (TPSA) is 77.4 Å². The van der Waals surface area contributed by atoms with Crippen molar-refractivity contribution in [3.8, 4) is 0 Å². The second-order valence-corrected chi connectivity index (χ2v) is 9.87. The van der Waals surface area contributed by atoms with E-state index in [2.05, 4.69) is 6.92 Å². The first kappa shape index (κ1) is 31.7. The zero-order chi connectivity index (χ0) is 20.4. The first-order valence-electron chi connectivity index (χ1n) is 11.5. The van der Waals surface area contributed by atoms with Crippen molar-refractivity contribution in [1.29, 1.82) is 0 Å². The predicted molar refractivity (Wildman–Crippen MR) is 114 cm³/mol. The minimum atomic E-state index is -4.65. The fourth-order valence-corrected chi connectivity index (χ4v) is 4.39. The van der Waals surface area contributed by atoms with Crippen molar-refractivity contribution in [3.63, 3.8) is 0 Å². The summed E-state index contributed by atoms with van der Waals surface area (Å²) in [6, 6.07) is 0. The Hall–Kier alpha value is 1.51. The van der Waals surface area contributed by atoms with Gasteiger partial charge in [-0.15, -0.1) is 0 Å². The SMILES string of the molecule is CCCCCCCCCCCCCCCCCC(O)(CCCC)S(=O)(=O)[O-].[K+]. The number of hydrogen-bond donors (Lipinski definition) is 1. The van der Waals surface area contributed by atoms with E-state index in [0.717, 1.165) is 25.7 Å². The van der Waals surface area contributed by atoms with E-state index < -0.39 is 15.1 Å². The van der Waals surface area contributed by atoms with E-state index in [9.17, 15) is 18.1 Å². The van der Waals surface area contributed by atoms with Gasteiger partial charge in [-0.3, -0.25) is 0 Å². The third-order valence-electron chi connectivity index (χ3n) is 5.56. The van der Waals surface area contributed by atoms with Crippen molar-refractivity contribution < 1.29 is 69.5 Å². The molecule has 164 valence electrons. The van der Waals surface area contributed by atoms with Crippen LogP contribution < -0.4 is 51.4 Å². The molecule has 0 aliphatic rings. The first-order chi connectivity index (χ1) is 12.9. The van der Waals surface area contributed by atoms with Gasteiger partial charge >= 0.3 is 51.4 Å². The molecule has 0 amide bonds. The van der Waals surface area contributed by atoms with Gasteiger partial charge in [-0.2, -0.15) is 0 Å². The molecule has 0 saturated carbocycles. The summed E-state index contributed by atoms with van der Waals surface area (Å²) in [6.45, 7) is 4.18. The standard InChI is InChI=1S/C22H46O4S.K/c1-3-5-7-8-9-10-11-12-13-14-15-16-17-18-19-21-22(23,20-6-4-2)27(24,25)26;/h23H,3-21H2,1-2H3,(H,24,25,26);/q;+1/p-1. The monoisotopic (exact) mass is 444 g/mol. The second kappa shape index (κ2) is 20.4. The van der Waals surface area contributed by atoms with Crippen molar-refractivity contribution in [3.05, 3.63) is 0 Å². The second-order valence-electron chi connectivity index (χ2n) is 8.20. The summed E-state index contributed by atoms with van der Waals surface area (Å²) < 4.78 is 34.0. The van der Waals surface area contributed by atoms with Gasteiger partial charge in [-0.1, -0.05) is 110 Å². The molecule has 0 heterocycles. The summed E-state index contributed by atoms with van der Waals surface area (Å²) in [5, 5.41) is 10.2. The van der Waals surface area contributed by atoms with Crippen molar-refractivity contribution >= 4 is 10.1 Å². The summed E-state index contributed by atoms with van der Waals surface area (Å²) in [6.07, 6.45) is 20.0. The zero-order valence-corrected chi connectivity index (χ0v) is 23.0. The van der Waals surface area contributed by atoms with Gasteiger partial charge in [0.1, 0.15) is 10.1 Å². The maximum Gasteiger partial charge on any atom is 1.00 e. The predicted octanol–water partition coefficient (Wildman–Crippen LogP) is 3.68. The summed E-state index contributed by atoms with van der Waals surface area (Å²) >= 11 is 0. The van der Waals surface area contributed by atoms with Gasteiger partial charge in [0.15, 0.2) is 4.93 Å². The molecule has 0 fully saturated rings. The van der Waals surface area contributed by atoms with Gasteiger partial charge in [0.2, 0.25) is 0 Å². The number of hydrogen-bond acceptors (Lipinski definition) is 4. The summed E-state index contributed by atoms with van der Waals surface area (Å²) in [4.78, 5) is -2.06. The van der Waals surface area contributed by atoms with Crippen LogP contribution in [0.25, 0.3) is 0 Å². The molecule has 1 atom stereocenters. The van der Waals surface area contributed by atoms with Gasteiger partial charge in [-0.05, 0) is 25.7 Å². The number of rotatable bonds is 20. The van der Waals surface area contributed by atoms with Crippen LogP contribution in [-0.4, -0.2) is 23.0 Å². The summed E-state index contributed by atoms with van der Waals surface area (Å²) in [5.74, 6) is 0. The molecule has 0 rings (SSSR count). The average Bonchev–Trinajstić information content (AvgIpc) is 2.62.